The van der Waals surface area contributed by atoms with Gasteiger partial charge in [-0.1, -0.05) is 30.3 Å². The van der Waals surface area contributed by atoms with E-state index >= 15 is 0 Å². The molecule has 2 aromatic rings. The van der Waals surface area contributed by atoms with Crippen LogP contribution in [0.5, 0.6) is 0 Å². The number of aryl methyl sites for hydroxylation is 1. The summed E-state index contributed by atoms with van der Waals surface area (Å²) in [5.41, 5.74) is 1.09. The Bertz CT molecular complexity index is 468. The molecule has 0 aliphatic carbocycles. The van der Waals surface area contributed by atoms with Gasteiger partial charge in [-0.2, -0.15) is 0 Å². The van der Waals surface area contributed by atoms with E-state index in [1.54, 1.807) is 17.7 Å². The summed E-state index contributed by atoms with van der Waals surface area (Å²) in [6.45, 7) is 2.33. The van der Waals surface area contributed by atoms with E-state index in [4.69, 9.17) is 4.42 Å². The molecule has 0 atom stereocenters. The van der Waals surface area contributed by atoms with Gasteiger partial charge in [-0.25, -0.2) is 4.79 Å². The van der Waals surface area contributed by atoms with Crippen molar-refractivity contribution in [1.29, 1.82) is 0 Å². The fourth-order valence-electron chi connectivity index (χ4n) is 1.39. The first-order valence-corrected chi connectivity index (χ1v) is 4.46. The molecule has 0 bridgehead atoms. The van der Waals surface area contributed by atoms with Gasteiger partial charge in [0, 0.05) is 6.20 Å². The predicted molar refractivity (Wildman–Crippen MR) is 53.2 cm³/mol. The minimum Gasteiger partial charge on any atom is -0.413 e. The zero-order valence-electron chi connectivity index (χ0n) is 7.93. The number of rotatable bonds is 2. The molecule has 2 rings (SSSR count). The third-order valence-corrected chi connectivity index (χ3v) is 2.02. The molecule has 0 amide bonds. The normalized spacial score (nSPS) is 10.4. The molecule has 0 aliphatic rings. The summed E-state index contributed by atoms with van der Waals surface area (Å²) >= 11 is 0. The van der Waals surface area contributed by atoms with Crippen molar-refractivity contribution >= 4 is 0 Å². The average Bonchev–Trinajstić information content (AvgIpc) is 2.47. The van der Waals surface area contributed by atoms with Gasteiger partial charge in [0.25, 0.3) is 0 Å². The summed E-state index contributed by atoms with van der Waals surface area (Å²) in [6, 6.07) is 9.82. The first kappa shape index (κ1) is 8.81. The van der Waals surface area contributed by atoms with Crippen molar-refractivity contribution < 1.29 is 4.42 Å². The first-order chi connectivity index (χ1) is 6.75. The fourth-order valence-corrected chi connectivity index (χ4v) is 1.39. The second-order valence-electron chi connectivity index (χ2n) is 3.22. The number of hydrogen-bond acceptors (Lipinski definition) is 2. The Kier molecular flexibility index (Phi) is 2.23. The zero-order valence-corrected chi connectivity index (χ0v) is 7.93. The molecule has 0 radical (unpaired) electrons. The molecule has 3 nitrogen and oxygen atoms in total. The Morgan fingerprint density at radius 2 is 2.00 bits per heavy atom. The average molecular weight is 189 g/mol. The van der Waals surface area contributed by atoms with Crippen molar-refractivity contribution in [2.24, 2.45) is 0 Å². The van der Waals surface area contributed by atoms with Crippen LogP contribution in [0.15, 0.2) is 45.7 Å². The van der Waals surface area contributed by atoms with Gasteiger partial charge < -0.3 is 4.42 Å². The van der Waals surface area contributed by atoms with Crippen LogP contribution in [0.3, 0.4) is 0 Å². The number of nitrogens with zero attached hydrogens (tertiary/aromatic N) is 1. The van der Waals surface area contributed by atoms with E-state index in [1.165, 1.54) is 0 Å². The van der Waals surface area contributed by atoms with E-state index in [0.717, 1.165) is 5.56 Å². The van der Waals surface area contributed by atoms with Crippen molar-refractivity contribution in [2.45, 2.75) is 13.5 Å². The number of hydrogen-bond donors (Lipinski definition) is 0. The van der Waals surface area contributed by atoms with E-state index < -0.39 is 0 Å². The molecule has 1 aromatic carbocycles. The summed E-state index contributed by atoms with van der Waals surface area (Å²) in [4.78, 5) is 11.2. The molecule has 0 saturated carbocycles. The van der Waals surface area contributed by atoms with Gasteiger partial charge in [-0.15, -0.1) is 0 Å². The maximum Gasteiger partial charge on any atom is 0.419 e. The van der Waals surface area contributed by atoms with E-state index in [9.17, 15) is 4.79 Å². The van der Waals surface area contributed by atoms with Gasteiger partial charge in [-0.05, 0) is 12.5 Å². The lowest BCUT2D eigenvalue weighted by atomic mass is 10.2. The molecule has 1 aromatic heterocycles. The lowest BCUT2D eigenvalue weighted by Crippen LogP contribution is -2.13. The molecule has 0 spiro atoms. The van der Waals surface area contributed by atoms with Gasteiger partial charge >= 0.3 is 5.76 Å². The van der Waals surface area contributed by atoms with Crippen molar-refractivity contribution in [3.63, 3.8) is 0 Å². The maximum atomic E-state index is 11.2. The lowest BCUT2D eigenvalue weighted by Gasteiger charge is -1.98. The topological polar surface area (TPSA) is 35.1 Å². The fraction of sp³-hybridized carbons (Fsp3) is 0.182. The van der Waals surface area contributed by atoms with Crippen LogP contribution < -0.4 is 5.76 Å². The maximum absolute atomic E-state index is 11.2. The summed E-state index contributed by atoms with van der Waals surface area (Å²) < 4.78 is 6.45. The molecular weight excluding hydrogens is 178 g/mol. The second-order valence-corrected chi connectivity index (χ2v) is 3.22. The number of benzene rings is 1. The molecule has 0 unspecified atom stereocenters. The highest BCUT2D eigenvalue weighted by molar-refractivity contribution is 5.15. The highest BCUT2D eigenvalue weighted by Gasteiger charge is 2.01. The largest absolute Gasteiger partial charge is 0.419 e. The van der Waals surface area contributed by atoms with Crippen LogP contribution in [0.4, 0.5) is 0 Å². The quantitative estimate of drug-likeness (QED) is 0.722. The van der Waals surface area contributed by atoms with Gasteiger partial charge in [0.1, 0.15) is 5.76 Å². The van der Waals surface area contributed by atoms with E-state index in [0.29, 0.717) is 12.3 Å². The molecule has 3 heteroatoms. The zero-order chi connectivity index (χ0) is 9.97. The molecule has 0 saturated heterocycles. The summed E-state index contributed by atoms with van der Waals surface area (Å²) in [5, 5.41) is 0. The Balaban J connectivity index is 2.28. The van der Waals surface area contributed by atoms with E-state index in [1.807, 2.05) is 30.3 Å². The third kappa shape index (κ3) is 1.76. The summed E-state index contributed by atoms with van der Waals surface area (Å²) in [5.74, 6) is 0.345. The van der Waals surface area contributed by atoms with Gasteiger partial charge in [0.05, 0.1) is 6.54 Å². The van der Waals surface area contributed by atoms with Crippen molar-refractivity contribution in [3.8, 4) is 0 Å². The van der Waals surface area contributed by atoms with E-state index in [2.05, 4.69) is 0 Å². The van der Waals surface area contributed by atoms with Gasteiger partial charge in [0.2, 0.25) is 0 Å². The monoisotopic (exact) mass is 189 g/mol. The standard InChI is InChI=1S/C11H11NO2/c1-9-7-12(11(13)14-9)8-10-5-3-2-4-6-10/h2-7H,8H2,1H3. The van der Waals surface area contributed by atoms with Crippen LogP contribution in [0.25, 0.3) is 0 Å². The Labute approximate surface area is 81.6 Å². The minimum absolute atomic E-state index is 0.300. The van der Waals surface area contributed by atoms with Crippen LogP contribution in [-0.4, -0.2) is 4.57 Å². The molecule has 0 N–H and O–H groups in total. The molecule has 0 aliphatic heterocycles. The molecule has 14 heavy (non-hydrogen) atoms. The van der Waals surface area contributed by atoms with Crippen molar-refractivity contribution in [2.75, 3.05) is 0 Å². The number of aromatic nitrogens is 1. The highest BCUT2D eigenvalue weighted by Crippen LogP contribution is 2.01. The lowest BCUT2D eigenvalue weighted by molar-refractivity contribution is 0.466. The highest BCUT2D eigenvalue weighted by atomic mass is 16.4. The summed E-state index contributed by atoms with van der Waals surface area (Å²) in [7, 11) is 0. The Morgan fingerprint density at radius 1 is 1.29 bits per heavy atom. The van der Waals surface area contributed by atoms with E-state index in [-0.39, 0.29) is 5.76 Å². The van der Waals surface area contributed by atoms with Crippen LogP contribution in [-0.2, 0) is 6.54 Å². The van der Waals surface area contributed by atoms with Gasteiger partial charge in [0.15, 0.2) is 0 Å². The molecule has 0 fully saturated rings. The van der Waals surface area contributed by atoms with Crippen molar-refractivity contribution in [1.82, 2.24) is 4.57 Å². The summed E-state index contributed by atoms with van der Waals surface area (Å²) in [6.07, 6.45) is 1.72. The molecular formula is C11H11NO2. The first-order valence-electron chi connectivity index (χ1n) is 4.46. The van der Waals surface area contributed by atoms with Crippen LogP contribution >= 0.6 is 0 Å². The minimum atomic E-state index is -0.300. The smallest absolute Gasteiger partial charge is 0.413 e. The van der Waals surface area contributed by atoms with Crippen molar-refractivity contribution in [3.05, 3.63) is 58.4 Å². The Morgan fingerprint density at radius 3 is 2.57 bits per heavy atom. The third-order valence-electron chi connectivity index (χ3n) is 2.02. The van der Waals surface area contributed by atoms with Crippen LogP contribution in [0, 0.1) is 6.92 Å². The molecule has 72 valence electrons. The number of oxazole rings is 1. The van der Waals surface area contributed by atoms with Crippen LogP contribution in [0.2, 0.25) is 0 Å². The van der Waals surface area contributed by atoms with Gasteiger partial charge in [-0.3, -0.25) is 4.57 Å². The SMILES string of the molecule is Cc1cn(Cc2ccccc2)c(=O)o1. The predicted octanol–water partition coefficient (Wildman–Crippen LogP) is 1.80. The van der Waals surface area contributed by atoms with Crippen LogP contribution in [0.1, 0.15) is 11.3 Å². The Hall–Kier alpha value is -1.77. The second kappa shape index (κ2) is 3.54. The molecule has 1 heterocycles.